The lowest BCUT2D eigenvalue weighted by molar-refractivity contribution is -0.322. The van der Waals surface area contributed by atoms with Gasteiger partial charge in [0, 0.05) is 7.11 Å². The summed E-state index contributed by atoms with van der Waals surface area (Å²) in [5, 5.41) is 30.7. The minimum atomic E-state index is -1.46. The number of rotatable bonds is 4. The first-order chi connectivity index (χ1) is 11.2. The summed E-state index contributed by atoms with van der Waals surface area (Å²) in [6.45, 7) is 4.71. The van der Waals surface area contributed by atoms with E-state index in [1.165, 1.54) is 14.0 Å². The van der Waals surface area contributed by atoms with Gasteiger partial charge in [0.1, 0.15) is 36.6 Å². The van der Waals surface area contributed by atoms with Crippen molar-refractivity contribution in [3.63, 3.8) is 0 Å². The average Bonchev–Trinajstić information content (AvgIpc) is 2.53. The monoisotopic (exact) mass is 349 g/mol. The van der Waals surface area contributed by atoms with Crippen LogP contribution in [0.25, 0.3) is 0 Å². The fraction of sp³-hybridized carbons (Fsp3) is 0.933. The van der Waals surface area contributed by atoms with Gasteiger partial charge in [0.05, 0.1) is 18.2 Å². The molecule has 9 heteroatoms. The third-order valence-electron chi connectivity index (χ3n) is 4.68. The van der Waals surface area contributed by atoms with E-state index < -0.39 is 55.1 Å². The van der Waals surface area contributed by atoms with Gasteiger partial charge in [0.25, 0.3) is 0 Å². The quantitative estimate of drug-likeness (QED) is 0.450. The van der Waals surface area contributed by atoms with Crippen LogP contribution in [0.5, 0.6) is 0 Å². The lowest BCUT2D eigenvalue weighted by Gasteiger charge is -2.46. The molecule has 140 valence electrons. The molecular formula is C15H27NO8. The molecule has 2 heterocycles. The third kappa shape index (κ3) is 3.63. The SMILES string of the molecule is COC1C(C(C)=O)OC(OC2C(N)C(C)OC(C)C2O)C(O)C1O. The smallest absolute Gasteiger partial charge is 0.187 e. The first-order valence-electron chi connectivity index (χ1n) is 7.98. The lowest BCUT2D eigenvalue weighted by atomic mass is 9.93. The van der Waals surface area contributed by atoms with Gasteiger partial charge < -0.3 is 40.0 Å². The van der Waals surface area contributed by atoms with Gasteiger partial charge in [-0.15, -0.1) is 0 Å². The van der Waals surface area contributed by atoms with Gasteiger partial charge >= 0.3 is 0 Å². The van der Waals surface area contributed by atoms with Crippen molar-refractivity contribution in [2.75, 3.05) is 7.11 Å². The summed E-state index contributed by atoms with van der Waals surface area (Å²) < 4.78 is 21.7. The van der Waals surface area contributed by atoms with Crippen LogP contribution < -0.4 is 5.73 Å². The van der Waals surface area contributed by atoms with Gasteiger partial charge in [-0.25, -0.2) is 0 Å². The first-order valence-corrected chi connectivity index (χ1v) is 7.98. The number of ether oxygens (including phenoxy) is 4. The maximum absolute atomic E-state index is 11.7. The Morgan fingerprint density at radius 1 is 1.00 bits per heavy atom. The molecular weight excluding hydrogens is 322 g/mol. The third-order valence-corrected chi connectivity index (χ3v) is 4.68. The summed E-state index contributed by atoms with van der Waals surface area (Å²) >= 11 is 0. The van der Waals surface area contributed by atoms with Gasteiger partial charge in [-0.2, -0.15) is 0 Å². The molecule has 0 aromatic heterocycles. The summed E-state index contributed by atoms with van der Waals surface area (Å²) in [5.41, 5.74) is 6.02. The normalized spacial score (nSPS) is 49.8. The molecule has 24 heavy (non-hydrogen) atoms. The predicted molar refractivity (Wildman–Crippen MR) is 81.0 cm³/mol. The highest BCUT2D eigenvalue weighted by Gasteiger charge is 2.50. The summed E-state index contributed by atoms with van der Waals surface area (Å²) in [5.74, 6) is -0.375. The number of hydrogen-bond donors (Lipinski definition) is 4. The van der Waals surface area contributed by atoms with E-state index in [1.54, 1.807) is 13.8 Å². The van der Waals surface area contributed by atoms with E-state index in [2.05, 4.69) is 0 Å². The summed E-state index contributed by atoms with van der Waals surface area (Å²) in [6, 6.07) is -0.667. The van der Waals surface area contributed by atoms with Crippen molar-refractivity contribution < 1.29 is 39.1 Å². The number of methoxy groups -OCH3 is 1. The zero-order chi connectivity index (χ0) is 18.2. The number of ketones is 1. The standard InChI is InChI=1S/C15H27NO8/c1-5(17)12-14(21-4)10(19)11(20)15(23-12)24-13-8(16)6(2)22-7(3)9(13)18/h6-15,18-20H,16H2,1-4H3. The van der Waals surface area contributed by atoms with Crippen molar-refractivity contribution in [2.24, 2.45) is 5.73 Å². The van der Waals surface area contributed by atoms with E-state index in [0.29, 0.717) is 0 Å². The zero-order valence-electron chi connectivity index (χ0n) is 14.2. The van der Waals surface area contributed by atoms with E-state index >= 15 is 0 Å². The second-order valence-corrected chi connectivity index (χ2v) is 6.43. The number of aliphatic hydroxyl groups is 3. The molecule has 2 rings (SSSR count). The molecule has 0 aromatic carbocycles. The molecule has 0 aromatic rings. The van der Waals surface area contributed by atoms with Gasteiger partial charge in [-0.05, 0) is 20.8 Å². The topological polar surface area (TPSA) is 141 Å². The van der Waals surface area contributed by atoms with Crippen LogP contribution in [0.2, 0.25) is 0 Å². The molecule has 10 unspecified atom stereocenters. The van der Waals surface area contributed by atoms with E-state index in [4.69, 9.17) is 24.7 Å². The van der Waals surface area contributed by atoms with Gasteiger partial charge in [-0.3, -0.25) is 4.79 Å². The van der Waals surface area contributed by atoms with Crippen molar-refractivity contribution in [3.05, 3.63) is 0 Å². The molecule has 0 aliphatic carbocycles. The van der Waals surface area contributed by atoms with Crippen LogP contribution in [0.1, 0.15) is 20.8 Å². The Bertz CT molecular complexity index is 435. The number of Topliss-reactive ketones (excluding diaryl/α,β-unsaturated/α-hetero) is 1. The Morgan fingerprint density at radius 2 is 1.62 bits per heavy atom. The van der Waals surface area contributed by atoms with Crippen LogP contribution in [0.15, 0.2) is 0 Å². The summed E-state index contributed by atoms with van der Waals surface area (Å²) in [6.07, 6.45) is -9.11. The van der Waals surface area contributed by atoms with E-state index in [-0.39, 0.29) is 11.9 Å². The molecule has 2 fully saturated rings. The number of hydrogen-bond acceptors (Lipinski definition) is 9. The second kappa shape index (κ2) is 7.71. The molecule has 0 spiro atoms. The van der Waals surface area contributed by atoms with Gasteiger partial charge in [0.2, 0.25) is 0 Å². The van der Waals surface area contributed by atoms with Crippen molar-refractivity contribution in [1.29, 1.82) is 0 Å². The van der Waals surface area contributed by atoms with Gasteiger partial charge in [-0.1, -0.05) is 0 Å². The van der Waals surface area contributed by atoms with E-state index in [1.807, 2.05) is 0 Å². The zero-order valence-corrected chi connectivity index (χ0v) is 14.2. The predicted octanol–water partition coefficient (Wildman–Crippen LogP) is -2.08. The van der Waals surface area contributed by atoms with E-state index in [9.17, 15) is 20.1 Å². The molecule has 0 bridgehead atoms. The maximum Gasteiger partial charge on any atom is 0.187 e. The van der Waals surface area contributed by atoms with E-state index in [0.717, 1.165) is 0 Å². The average molecular weight is 349 g/mol. The largest absolute Gasteiger partial charge is 0.388 e. The Kier molecular flexibility index (Phi) is 6.32. The molecule has 0 saturated carbocycles. The van der Waals surface area contributed by atoms with Crippen LogP contribution in [0, 0.1) is 0 Å². The Morgan fingerprint density at radius 3 is 2.17 bits per heavy atom. The lowest BCUT2D eigenvalue weighted by Crippen LogP contribution is -2.65. The minimum Gasteiger partial charge on any atom is -0.388 e. The number of carbonyl (C=O) groups excluding carboxylic acids is 1. The highest BCUT2D eigenvalue weighted by Crippen LogP contribution is 2.29. The molecule has 9 nitrogen and oxygen atoms in total. The fourth-order valence-electron chi connectivity index (χ4n) is 3.14. The molecule has 10 atom stereocenters. The van der Waals surface area contributed by atoms with Crippen LogP contribution in [0.4, 0.5) is 0 Å². The molecule has 0 radical (unpaired) electrons. The minimum absolute atomic E-state index is 0.375. The molecule has 2 aliphatic heterocycles. The Balaban J connectivity index is 2.16. The Hall–Kier alpha value is -0.650. The van der Waals surface area contributed by atoms with Gasteiger partial charge in [0.15, 0.2) is 12.1 Å². The molecule has 5 N–H and O–H groups in total. The molecule has 0 amide bonds. The van der Waals surface area contributed by atoms with Crippen molar-refractivity contribution in [1.82, 2.24) is 0 Å². The fourth-order valence-corrected chi connectivity index (χ4v) is 3.14. The highest BCUT2D eigenvalue weighted by atomic mass is 16.7. The summed E-state index contributed by atoms with van der Waals surface area (Å²) in [7, 11) is 1.31. The van der Waals surface area contributed by atoms with Crippen molar-refractivity contribution in [2.45, 2.75) is 81.9 Å². The number of carbonyl (C=O) groups is 1. The highest BCUT2D eigenvalue weighted by molar-refractivity contribution is 5.81. The van der Waals surface area contributed by atoms with Crippen LogP contribution in [-0.2, 0) is 23.7 Å². The van der Waals surface area contributed by atoms with Crippen LogP contribution >= 0.6 is 0 Å². The maximum atomic E-state index is 11.7. The van der Waals surface area contributed by atoms with Crippen molar-refractivity contribution in [3.8, 4) is 0 Å². The second-order valence-electron chi connectivity index (χ2n) is 6.43. The van der Waals surface area contributed by atoms with Crippen LogP contribution in [0.3, 0.4) is 0 Å². The first kappa shape index (κ1) is 19.7. The number of aliphatic hydroxyl groups excluding tert-OH is 3. The van der Waals surface area contributed by atoms with Crippen LogP contribution in [-0.4, -0.2) is 89.4 Å². The Labute approximate surface area is 140 Å². The molecule has 2 aliphatic rings. The number of nitrogens with two attached hydrogens (primary N) is 1. The summed E-state index contributed by atoms with van der Waals surface area (Å²) in [4.78, 5) is 11.7. The van der Waals surface area contributed by atoms with Crippen molar-refractivity contribution >= 4 is 5.78 Å². The molecule has 2 saturated heterocycles.